The van der Waals surface area contributed by atoms with Crippen LogP contribution in [0, 0.1) is 5.92 Å². The van der Waals surface area contributed by atoms with Crippen molar-refractivity contribution in [1.82, 2.24) is 20.4 Å². The van der Waals surface area contributed by atoms with Crippen LogP contribution in [0.1, 0.15) is 43.7 Å². The van der Waals surface area contributed by atoms with Gasteiger partial charge in [-0.1, -0.05) is 12.2 Å². The minimum absolute atomic E-state index is 0.0408. The molecule has 1 amide bonds. The monoisotopic (exact) mass is 288 g/mol. The second kappa shape index (κ2) is 6.43. The Morgan fingerprint density at radius 1 is 1.43 bits per heavy atom. The van der Waals surface area contributed by atoms with Crippen molar-refractivity contribution in [2.24, 2.45) is 13.0 Å². The van der Waals surface area contributed by atoms with Gasteiger partial charge in [0.2, 0.25) is 5.91 Å². The van der Waals surface area contributed by atoms with E-state index in [1.54, 1.807) is 4.68 Å². The first-order chi connectivity index (χ1) is 10.2. The zero-order valence-corrected chi connectivity index (χ0v) is 12.6. The summed E-state index contributed by atoms with van der Waals surface area (Å²) in [6.07, 6.45) is 13.5. The Morgan fingerprint density at radius 2 is 2.33 bits per heavy atom. The van der Waals surface area contributed by atoms with E-state index >= 15 is 0 Å². The highest BCUT2D eigenvalue weighted by atomic mass is 16.1. The summed E-state index contributed by atoms with van der Waals surface area (Å²) in [5, 5.41) is 11.0. The molecule has 2 heterocycles. The van der Waals surface area contributed by atoms with Crippen molar-refractivity contribution in [2.45, 2.75) is 44.2 Å². The molecule has 21 heavy (non-hydrogen) atoms. The van der Waals surface area contributed by atoms with Gasteiger partial charge in [-0.15, -0.1) is 0 Å². The van der Waals surface area contributed by atoms with Crippen LogP contribution in [0.5, 0.6) is 0 Å². The van der Waals surface area contributed by atoms with Crippen LogP contribution in [0.2, 0.25) is 0 Å². The molecule has 5 heteroatoms. The van der Waals surface area contributed by atoms with Crippen LogP contribution >= 0.6 is 0 Å². The number of hydrogen-bond acceptors (Lipinski definition) is 3. The molecule has 0 aromatic carbocycles. The molecule has 1 aromatic rings. The van der Waals surface area contributed by atoms with Crippen LogP contribution in [-0.2, 0) is 11.8 Å². The van der Waals surface area contributed by atoms with Gasteiger partial charge in [-0.2, -0.15) is 5.10 Å². The number of allylic oxidation sites excluding steroid dienone is 2. The number of aryl methyl sites for hydroxylation is 1. The summed E-state index contributed by atoms with van der Waals surface area (Å²) >= 11 is 0. The maximum absolute atomic E-state index is 11.7. The fraction of sp³-hybridized carbons (Fsp3) is 0.625. The fourth-order valence-corrected chi connectivity index (χ4v) is 3.30. The summed E-state index contributed by atoms with van der Waals surface area (Å²) in [5.74, 6) is 0.865. The molecule has 1 aliphatic carbocycles. The van der Waals surface area contributed by atoms with Crippen molar-refractivity contribution < 1.29 is 4.79 Å². The summed E-state index contributed by atoms with van der Waals surface area (Å²) in [6.45, 7) is 1.03. The Kier molecular flexibility index (Phi) is 4.39. The summed E-state index contributed by atoms with van der Waals surface area (Å²) < 4.78 is 1.79. The van der Waals surface area contributed by atoms with Crippen LogP contribution in [-0.4, -0.2) is 28.3 Å². The topological polar surface area (TPSA) is 59.0 Å². The standard InChI is InChI=1S/C16H24N4O/c1-20-11-13(10-18-20)16-14(7-8-15(21)19-16)17-9-12-5-3-2-4-6-12/h2-3,10-12,14,16-17H,4-9H2,1H3,(H,19,21)/t12-,14-,16+/m1/s1. The van der Waals surface area contributed by atoms with Gasteiger partial charge in [0.05, 0.1) is 12.2 Å². The van der Waals surface area contributed by atoms with Gasteiger partial charge in [-0.3, -0.25) is 9.48 Å². The van der Waals surface area contributed by atoms with E-state index in [0.717, 1.165) is 24.4 Å². The molecule has 1 aliphatic heterocycles. The predicted molar refractivity (Wildman–Crippen MR) is 81.6 cm³/mol. The van der Waals surface area contributed by atoms with Gasteiger partial charge in [0.25, 0.3) is 0 Å². The van der Waals surface area contributed by atoms with Crippen LogP contribution in [0.4, 0.5) is 0 Å². The lowest BCUT2D eigenvalue weighted by Gasteiger charge is -2.33. The highest BCUT2D eigenvalue weighted by Crippen LogP contribution is 2.25. The minimum atomic E-state index is 0.0408. The molecule has 0 unspecified atom stereocenters. The van der Waals surface area contributed by atoms with Crippen molar-refractivity contribution >= 4 is 5.91 Å². The van der Waals surface area contributed by atoms with Crippen LogP contribution in [0.3, 0.4) is 0 Å². The van der Waals surface area contributed by atoms with Gasteiger partial charge in [0, 0.05) is 31.3 Å². The Bertz CT molecular complexity index is 522. The van der Waals surface area contributed by atoms with Gasteiger partial charge in [-0.05, 0) is 38.1 Å². The van der Waals surface area contributed by atoms with E-state index in [9.17, 15) is 4.79 Å². The first kappa shape index (κ1) is 14.3. The third kappa shape index (κ3) is 3.53. The van der Waals surface area contributed by atoms with Gasteiger partial charge in [0.15, 0.2) is 0 Å². The summed E-state index contributed by atoms with van der Waals surface area (Å²) in [4.78, 5) is 11.7. The quantitative estimate of drug-likeness (QED) is 0.829. The SMILES string of the molecule is Cn1cc([C@@H]2NC(=O)CC[C@H]2NC[C@@H]2CC=CCC2)cn1. The number of piperidine rings is 1. The average molecular weight is 288 g/mol. The first-order valence-corrected chi connectivity index (χ1v) is 7.88. The Hall–Kier alpha value is -1.62. The van der Waals surface area contributed by atoms with Crippen LogP contribution in [0.15, 0.2) is 24.5 Å². The molecule has 0 saturated carbocycles. The van der Waals surface area contributed by atoms with Crippen molar-refractivity contribution in [3.05, 3.63) is 30.1 Å². The van der Waals surface area contributed by atoms with E-state index in [1.807, 2.05) is 19.4 Å². The smallest absolute Gasteiger partial charge is 0.220 e. The number of nitrogens with one attached hydrogen (secondary N) is 2. The van der Waals surface area contributed by atoms with Gasteiger partial charge in [-0.25, -0.2) is 0 Å². The Balaban J connectivity index is 1.63. The predicted octanol–water partition coefficient (Wildman–Crippen LogP) is 1.69. The number of carbonyl (C=O) groups excluding carboxylic acids is 1. The van der Waals surface area contributed by atoms with E-state index in [1.165, 1.54) is 19.3 Å². The molecule has 1 fully saturated rings. The molecule has 0 spiro atoms. The number of amides is 1. The van der Waals surface area contributed by atoms with E-state index < -0.39 is 0 Å². The normalized spacial score (nSPS) is 29.4. The highest BCUT2D eigenvalue weighted by molar-refractivity contribution is 5.77. The minimum Gasteiger partial charge on any atom is -0.348 e. The molecule has 1 aromatic heterocycles. The lowest BCUT2D eigenvalue weighted by Crippen LogP contribution is -2.49. The van der Waals surface area contributed by atoms with Gasteiger partial charge in [0.1, 0.15) is 0 Å². The molecule has 2 aliphatic rings. The van der Waals surface area contributed by atoms with Crippen LogP contribution < -0.4 is 10.6 Å². The largest absolute Gasteiger partial charge is 0.348 e. The maximum atomic E-state index is 11.7. The number of hydrogen-bond donors (Lipinski definition) is 2. The highest BCUT2D eigenvalue weighted by Gasteiger charge is 2.30. The number of rotatable bonds is 4. The molecule has 2 N–H and O–H groups in total. The summed E-state index contributed by atoms with van der Waals surface area (Å²) in [6, 6.07) is 0.344. The summed E-state index contributed by atoms with van der Waals surface area (Å²) in [5.41, 5.74) is 1.09. The molecule has 114 valence electrons. The van der Waals surface area contributed by atoms with E-state index in [0.29, 0.717) is 12.5 Å². The number of aromatic nitrogens is 2. The number of carbonyl (C=O) groups is 1. The lowest BCUT2D eigenvalue weighted by atomic mass is 9.91. The van der Waals surface area contributed by atoms with Crippen molar-refractivity contribution in [3.63, 3.8) is 0 Å². The molecular weight excluding hydrogens is 264 g/mol. The molecule has 3 rings (SSSR count). The van der Waals surface area contributed by atoms with Crippen molar-refractivity contribution in [1.29, 1.82) is 0 Å². The third-order valence-electron chi connectivity index (χ3n) is 4.53. The Labute approximate surface area is 125 Å². The Morgan fingerprint density at radius 3 is 3.05 bits per heavy atom. The van der Waals surface area contributed by atoms with Gasteiger partial charge >= 0.3 is 0 Å². The average Bonchev–Trinajstić information content (AvgIpc) is 2.93. The van der Waals surface area contributed by atoms with Crippen LogP contribution in [0.25, 0.3) is 0 Å². The first-order valence-electron chi connectivity index (χ1n) is 7.88. The molecule has 0 bridgehead atoms. The number of nitrogens with zero attached hydrogens (tertiary/aromatic N) is 2. The zero-order chi connectivity index (χ0) is 14.7. The second-order valence-corrected chi connectivity index (χ2v) is 6.20. The van der Waals surface area contributed by atoms with E-state index in [2.05, 4.69) is 27.9 Å². The molecule has 0 radical (unpaired) electrons. The lowest BCUT2D eigenvalue weighted by molar-refractivity contribution is -0.123. The molecule has 1 saturated heterocycles. The maximum Gasteiger partial charge on any atom is 0.220 e. The van der Waals surface area contributed by atoms with Crippen molar-refractivity contribution in [3.8, 4) is 0 Å². The summed E-state index contributed by atoms with van der Waals surface area (Å²) in [7, 11) is 1.91. The fourth-order valence-electron chi connectivity index (χ4n) is 3.30. The second-order valence-electron chi connectivity index (χ2n) is 6.20. The third-order valence-corrected chi connectivity index (χ3v) is 4.53. The van der Waals surface area contributed by atoms with E-state index in [-0.39, 0.29) is 11.9 Å². The van der Waals surface area contributed by atoms with Gasteiger partial charge < -0.3 is 10.6 Å². The van der Waals surface area contributed by atoms with Crippen molar-refractivity contribution in [2.75, 3.05) is 6.54 Å². The molecular formula is C16H24N4O. The zero-order valence-electron chi connectivity index (χ0n) is 12.6. The molecule has 5 nitrogen and oxygen atoms in total. The molecule has 3 atom stereocenters. The van der Waals surface area contributed by atoms with E-state index in [4.69, 9.17) is 0 Å².